The second-order valence-electron chi connectivity index (χ2n) is 6.65. The second kappa shape index (κ2) is 8.14. The van der Waals surface area contributed by atoms with E-state index in [0.29, 0.717) is 25.6 Å². The molecule has 2 N–H and O–H groups in total. The van der Waals surface area contributed by atoms with Gasteiger partial charge in [0.25, 0.3) is 0 Å². The molecule has 1 aromatic carbocycles. The first-order valence-electron chi connectivity index (χ1n) is 9.17. The number of aryl methyl sites for hydroxylation is 1. The predicted molar refractivity (Wildman–Crippen MR) is 97.1 cm³/mol. The average molecular weight is 342 g/mol. The smallest absolute Gasteiger partial charge is 0.240 e. The van der Waals surface area contributed by atoms with Crippen molar-refractivity contribution in [3.63, 3.8) is 0 Å². The van der Waals surface area contributed by atoms with Gasteiger partial charge in [0, 0.05) is 25.4 Å². The van der Waals surface area contributed by atoms with Crippen LogP contribution in [0, 0.1) is 0 Å². The summed E-state index contributed by atoms with van der Waals surface area (Å²) in [6, 6.07) is 8.25. The monoisotopic (exact) mass is 342 g/mol. The zero-order valence-corrected chi connectivity index (χ0v) is 14.8. The standard InChI is InChI=1S/C19H26N4O2/c1-2-6-18(24)20-12-5-9-17-22-15-7-3-4-8-16(15)23(17)13-19(25)21-14-10-11-14/h3-4,7-8,14H,2,5-6,9-13H2,1H3,(H,20,24)(H,21,25). The van der Waals surface area contributed by atoms with Crippen LogP contribution in [0.5, 0.6) is 0 Å². The highest BCUT2D eigenvalue weighted by molar-refractivity contribution is 5.81. The molecule has 0 unspecified atom stereocenters. The third-order valence-electron chi connectivity index (χ3n) is 4.35. The molecule has 134 valence electrons. The minimum absolute atomic E-state index is 0.0446. The molecule has 0 bridgehead atoms. The highest BCUT2D eigenvalue weighted by Gasteiger charge is 2.24. The van der Waals surface area contributed by atoms with Gasteiger partial charge in [-0.15, -0.1) is 0 Å². The van der Waals surface area contributed by atoms with Crippen molar-refractivity contribution < 1.29 is 9.59 Å². The number of benzene rings is 1. The molecule has 1 heterocycles. The van der Waals surface area contributed by atoms with Crippen LogP contribution in [0.15, 0.2) is 24.3 Å². The molecule has 6 heteroatoms. The number of aromatic nitrogens is 2. The molecule has 0 atom stereocenters. The third kappa shape index (κ3) is 4.81. The number of para-hydroxylation sites is 2. The molecule has 2 amide bonds. The van der Waals surface area contributed by atoms with Crippen LogP contribution in [0.2, 0.25) is 0 Å². The van der Waals surface area contributed by atoms with Gasteiger partial charge in [-0.05, 0) is 37.8 Å². The van der Waals surface area contributed by atoms with Gasteiger partial charge in [-0.2, -0.15) is 0 Å². The number of carbonyl (C=O) groups excluding carboxylic acids is 2. The van der Waals surface area contributed by atoms with E-state index in [4.69, 9.17) is 0 Å². The number of imidazole rings is 1. The first kappa shape index (κ1) is 17.5. The summed E-state index contributed by atoms with van der Waals surface area (Å²) in [5.41, 5.74) is 1.89. The van der Waals surface area contributed by atoms with E-state index in [0.717, 1.165) is 49.0 Å². The summed E-state index contributed by atoms with van der Waals surface area (Å²) in [6.45, 7) is 2.93. The fourth-order valence-corrected chi connectivity index (χ4v) is 2.93. The number of nitrogens with zero attached hydrogens (tertiary/aromatic N) is 2. The summed E-state index contributed by atoms with van der Waals surface area (Å²) in [5.74, 6) is 1.04. The molecule has 0 aliphatic heterocycles. The van der Waals surface area contributed by atoms with E-state index in [1.807, 2.05) is 35.8 Å². The van der Waals surface area contributed by atoms with Crippen molar-refractivity contribution in [2.75, 3.05) is 6.54 Å². The third-order valence-corrected chi connectivity index (χ3v) is 4.35. The first-order valence-corrected chi connectivity index (χ1v) is 9.17. The maximum absolute atomic E-state index is 12.2. The van der Waals surface area contributed by atoms with Crippen LogP contribution in [-0.4, -0.2) is 34.0 Å². The molecule has 1 saturated carbocycles. The zero-order valence-electron chi connectivity index (χ0n) is 14.8. The quantitative estimate of drug-likeness (QED) is 0.686. The highest BCUT2D eigenvalue weighted by Crippen LogP contribution is 2.20. The van der Waals surface area contributed by atoms with E-state index in [1.165, 1.54) is 0 Å². The van der Waals surface area contributed by atoms with Crippen LogP contribution in [0.1, 0.15) is 44.9 Å². The molecule has 6 nitrogen and oxygen atoms in total. The van der Waals surface area contributed by atoms with E-state index in [2.05, 4.69) is 15.6 Å². The van der Waals surface area contributed by atoms with Crippen molar-refractivity contribution in [2.24, 2.45) is 0 Å². The lowest BCUT2D eigenvalue weighted by Crippen LogP contribution is -2.30. The van der Waals surface area contributed by atoms with Gasteiger partial charge in [0.05, 0.1) is 11.0 Å². The van der Waals surface area contributed by atoms with Crippen molar-refractivity contribution in [3.05, 3.63) is 30.1 Å². The van der Waals surface area contributed by atoms with Crippen LogP contribution in [0.4, 0.5) is 0 Å². The molecule has 0 radical (unpaired) electrons. The Balaban J connectivity index is 1.64. The molecule has 0 saturated heterocycles. The molecule has 1 aliphatic carbocycles. The molecule has 25 heavy (non-hydrogen) atoms. The van der Waals surface area contributed by atoms with E-state index in [1.54, 1.807) is 0 Å². The second-order valence-corrected chi connectivity index (χ2v) is 6.65. The first-order chi connectivity index (χ1) is 12.2. The fraction of sp³-hybridized carbons (Fsp3) is 0.526. The molecular weight excluding hydrogens is 316 g/mol. The minimum atomic E-state index is 0.0446. The molecule has 1 fully saturated rings. The van der Waals surface area contributed by atoms with Crippen molar-refractivity contribution >= 4 is 22.8 Å². The van der Waals surface area contributed by atoms with Crippen LogP contribution in [0.3, 0.4) is 0 Å². The van der Waals surface area contributed by atoms with Crippen LogP contribution < -0.4 is 10.6 Å². The van der Waals surface area contributed by atoms with Gasteiger partial charge < -0.3 is 15.2 Å². The van der Waals surface area contributed by atoms with Gasteiger partial charge in [-0.1, -0.05) is 19.1 Å². The SMILES string of the molecule is CCCC(=O)NCCCc1nc2ccccc2n1CC(=O)NC1CC1. The Labute approximate surface area is 148 Å². The van der Waals surface area contributed by atoms with Crippen LogP contribution in [-0.2, 0) is 22.6 Å². The van der Waals surface area contributed by atoms with Gasteiger partial charge in [-0.3, -0.25) is 9.59 Å². The normalized spacial score (nSPS) is 13.8. The number of rotatable bonds is 9. The Bertz CT molecular complexity index is 749. The van der Waals surface area contributed by atoms with Crippen LogP contribution >= 0.6 is 0 Å². The molecule has 1 aromatic heterocycles. The lowest BCUT2D eigenvalue weighted by molar-refractivity contribution is -0.122. The minimum Gasteiger partial charge on any atom is -0.356 e. The number of nitrogens with one attached hydrogen (secondary N) is 2. The lowest BCUT2D eigenvalue weighted by Gasteiger charge is -2.10. The fourth-order valence-electron chi connectivity index (χ4n) is 2.93. The Morgan fingerprint density at radius 1 is 1.24 bits per heavy atom. The maximum Gasteiger partial charge on any atom is 0.240 e. The topological polar surface area (TPSA) is 76.0 Å². The summed E-state index contributed by atoms with van der Waals surface area (Å²) in [5, 5.41) is 5.96. The molecule has 3 rings (SSSR count). The summed E-state index contributed by atoms with van der Waals surface area (Å²) in [4.78, 5) is 28.4. The van der Waals surface area contributed by atoms with E-state index in [-0.39, 0.29) is 11.8 Å². The van der Waals surface area contributed by atoms with Gasteiger partial charge in [0.1, 0.15) is 12.4 Å². The summed E-state index contributed by atoms with van der Waals surface area (Å²) in [7, 11) is 0. The van der Waals surface area contributed by atoms with Gasteiger partial charge in [-0.25, -0.2) is 4.98 Å². The maximum atomic E-state index is 12.2. The Hall–Kier alpha value is -2.37. The molecule has 0 spiro atoms. The summed E-state index contributed by atoms with van der Waals surface area (Å²) < 4.78 is 2.00. The Kier molecular flexibility index (Phi) is 5.68. The Morgan fingerprint density at radius 3 is 2.80 bits per heavy atom. The molecule has 2 aromatic rings. The molecular formula is C19H26N4O2. The van der Waals surface area contributed by atoms with E-state index < -0.39 is 0 Å². The predicted octanol–water partition coefficient (Wildman–Crippen LogP) is 2.16. The van der Waals surface area contributed by atoms with Crippen molar-refractivity contribution in [3.8, 4) is 0 Å². The van der Waals surface area contributed by atoms with Crippen molar-refractivity contribution in [2.45, 2.75) is 58.0 Å². The number of amides is 2. The average Bonchev–Trinajstić information content (AvgIpc) is 3.34. The number of carbonyl (C=O) groups is 2. The largest absolute Gasteiger partial charge is 0.356 e. The van der Waals surface area contributed by atoms with Gasteiger partial charge in [0.15, 0.2) is 0 Å². The number of fused-ring (bicyclic) bond motifs is 1. The number of hydrogen-bond acceptors (Lipinski definition) is 3. The number of hydrogen-bond donors (Lipinski definition) is 2. The Morgan fingerprint density at radius 2 is 2.04 bits per heavy atom. The highest BCUT2D eigenvalue weighted by atomic mass is 16.2. The summed E-state index contributed by atoms with van der Waals surface area (Å²) in [6.07, 6.45) is 5.14. The van der Waals surface area contributed by atoms with E-state index >= 15 is 0 Å². The van der Waals surface area contributed by atoms with Crippen molar-refractivity contribution in [1.82, 2.24) is 20.2 Å². The van der Waals surface area contributed by atoms with Gasteiger partial charge >= 0.3 is 0 Å². The summed E-state index contributed by atoms with van der Waals surface area (Å²) >= 11 is 0. The van der Waals surface area contributed by atoms with E-state index in [9.17, 15) is 9.59 Å². The van der Waals surface area contributed by atoms with Crippen LogP contribution in [0.25, 0.3) is 11.0 Å². The lowest BCUT2D eigenvalue weighted by atomic mass is 10.2. The van der Waals surface area contributed by atoms with Crippen molar-refractivity contribution in [1.29, 1.82) is 0 Å². The molecule has 1 aliphatic rings. The zero-order chi connectivity index (χ0) is 17.6. The van der Waals surface area contributed by atoms with Gasteiger partial charge in [0.2, 0.25) is 11.8 Å².